The number of nitrogens with zero attached hydrogens (tertiary/aromatic N) is 3. The van der Waals surface area contributed by atoms with Crippen LogP contribution in [0, 0.1) is 16.0 Å². The first kappa shape index (κ1) is 19.1. The van der Waals surface area contributed by atoms with Crippen molar-refractivity contribution in [2.75, 3.05) is 37.7 Å². The van der Waals surface area contributed by atoms with Gasteiger partial charge in [0.2, 0.25) is 5.91 Å². The minimum absolute atomic E-state index is 0.0111. The number of piperidine rings is 2. The number of likely N-dealkylation sites (tertiary alicyclic amines) is 1. The van der Waals surface area contributed by atoms with Gasteiger partial charge in [-0.3, -0.25) is 14.9 Å². The Kier molecular flexibility index (Phi) is 5.77. The van der Waals surface area contributed by atoms with Crippen molar-refractivity contribution in [2.45, 2.75) is 44.4 Å². The Labute approximate surface area is 164 Å². The molecule has 0 radical (unpaired) electrons. The number of ether oxygens (including phenoxy) is 2. The van der Waals surface area contributed by atoms with Crippen molar-refractivity contribution in [3.63, 3.8) is 0 Å². The molecule has 3 saturated heterocycles. The molecule has 152 valence electrons. The molecule has 0 saturated carbocycles. The lowest BCUT2D eigenvalue weighted by Gasteiger charge is -2.41. The van der Waals surface area contributed by atoms with E-state index >= 15 is 0 Å². The van der Waals surface area contributed by atoms with Crippen molar-refractivity contribution in [3.8, 4) is 0 Å². The van der Waals surface area contributed by atoms with Gasteiger partial charge < -0.3 is 19.3 Å². The van der Waals surface area contributed by atoms with E-state index < -0.39 is 0 Å². The predicted molar refractivity (Wildman–Crippen MR) is 103 cm³/mol. The monoisotopic (exact) mass is 389 g/mol. The average Bonchev–Trinajstić information content (AvgIpc) is 3.28. The minimum atomic E-state index is -0.341. The molecule has 1 aromatic rings. The van der Waals surface area contributed by atoms with Gasteiger partial charge >= 0.3 is 0 Å². The molecule has 0 bridgehead atoms. The van der Waals surface area contributed by atoms with Crippen molar-refractivity contribution in [1.29, 1.82) is 0 Å². The van der Waals surface area contributed by atoms with Crippen LogP contribution in [0.15, 0.2) is 24.3 Å². The van der Waals surface area contributed by atoms with E-state index in [4.69, 9.17) is 9.47 Å². The third kappa shape index (κ3) is 3.84. The normalized spacial score (nSPS) is 24.5. The first-order valence-corrected chi connectivity index (χ1v) is 10.2. The van der Waals surface area contributed by atoms with E-state index in [1.165, 1.54) is 6.07 Å². The second-order valence-electron chi connectivity index (χ2n) is 7.71. The van der Waals surface area contributed by atoms with Crippen LogP contribution in [0.3, 0.4) is 0 Å². The molecule has 0 N–H and O–H groups in total. The fraction of sp³-hybridized carbons (Fsp3) is 0.650. The Morgan fingerprint density at radius 3 is 2.46 bits per heavy atom. The molecule has 1 amide bonds. The van der Waals surface area contributed by atoms with Gasteiger partial charge in [-0.15, -0.1) is 0 Å². The highest BCUT2D eigenvalue weighted by Gasteiger charge is 2.39. The standard InChI is InChI=1S/C20H27N3O5/c24-19(22-10-4-3-7-18(22)20-27-13-14-28-20)15-8-11-21(12-9-15)16-5-1-2-6-17(16)23(25)26/h1-2,5-6,15,18,20H,3-4,7-14H2. The number of carbonyl (C=O) groups is 1. The zero-order valence-electron chi connectivity index (χ0n) is 16.0. The molecule has 1 atom stereocenters. The van der Waals surface area contributed by atoms with Gasteiger partial charge in [0, 0.05) is 31.6 Å². The maximum atomic E-state index is 13.2. The number of hydrogen-bond acceptors (Lipinski definition) is 6. The smallest absolute Gasteiger partial charge is 0.292 e. The number of amides is 1. The molecule has 8 heteroatoms. The third-order valence-electron chi connectivity index (χ3n) is 6.06. The largest absolute Gasteiger partial charge is 0.366 e. The number of nitro groups is 1. The van der Waals surface area contributed by atoms with E-state index in [1.54, 1.807) is 12.1 Å². The predicted octanol–water partition coefficient (Wildman–Crippen LogP) is 2.57. The van der Waals surface area contributed by atoms with Crippen LogP contribution in [0.4, 0.5) is 11.4 Å². The van der Waals surface area contributed by atoms with Crippen LogP contribution in [0.5, 0.6) is 0 Å². The summed E-state index contributed by atoms with van der Waals surface area (Å²) in [6, 6.07) is 6.83. The van der Waals surface area contributed by atoms with Crippen molar-refractivity contribution in [1.82, 2.24) is 4.90 Å². The van der Waals surface area contributed by atoms with Gasteiger partial charge in [0.25, 0.3) is 5.69 Å². The first-order chi connectivity index (χ1) is 13.6. The van der Waals surface area contributed by atoms with Crippen molar-refractivity contribution < 1.29 is 19.2 Å². The number of benzene rings is 1. The lowest BCUT2D eigenvalue weighted by molar-refractivity contribution is -0.384. The molecule has 1 aromatic carbocycles. The van der Waals surface area contributed by atoms with Gasteiger partial charge in [0.1, 0.15) is 5.69 Å². The summed E-state index contributed by atoms with van der Waals surface area (Å²) in [7, 11) is 0. The Morgan fingerprint density at radius 1 is 1.04 bits per heavy atom. The molecular formula is C20H27N3O5. The number of para-hydroxylation sites is 2. The first-order valence-electron chi connectivity index (χ1n) is 10.2. The van der Waals surface area contributed by atoms with Gasteiger partial charge in [-0.25, -0.2) is 0 Å². The third-order valence-corrected chi connectivity index (χ3v) is 6.06. The number of anilines is 1. The van der Waals surface area contributed by atoms with Gasteiger partial charge in [-0.2, -0.15) is 0 Å². The van der Waals surface area contributed by atoms with Crippen LogP contribution in [0.25, 0.3) is 0 Å². The topological polar surface area (TPSA) is 85.2 Å². The molecule has 3 heterocycles. The second-order valence-corrected chi connectivity index (χ2v) is 7.71. The van der Waals surface area contributed by atoms with E-state index in [-0.39, 0.29) is 34.8 Å². The molecule has 28 heavy (non-hydrogen) atoms. The number of rotatable bonds is 4. The minimum Gasteiger partial charge on any atom is -0.366 e. The molecule has 4 rings (SSSR count). The van der Waals surface area contributed by atoms with E-state index in [1.807, 2.05) is 15.9 Å². The summed E-state index contributed by atoms with van der Waals surface area (Å²) in [5, 5.41) is 11.3. The zero-order chi connectivity index (χ0) is 19.5. The van der Waals surface area contributed by atoms with Gasteiger partial charge in [-0.05, 0) is 38.2 Å². The molecule has 0 aromatic heterocycles. The summed E-state index contributed by atoms with van der Waals surface area (Å²) in [5.74, 6) is 0.145. The Bertz CT molecular complexity index is 714. The van der Waals surface area contributed by atoms with E-state index in [9.17, 15) is 14.9 Å². The molecular weight excluding hydrogens is 362 g/mol. The number of nitro benzene ring substituents is 1. The highest BCUT2D eigenvalue weighted by atomic mass is 16.7. The molecule has 1 unspecified atom stereocenters. The fourth-order valence-corrected chi connectivity index (χ4v) is 4.60. The molecule has 3 fully saturated rings. The van der Waals surface area contributed by atoms with Crippen LogP contribution >= 0.6 is 0 Å². The summed E-state index contributed by atoms with van der Waals surface area (Å²) in [4.78, 5) is 28.2. The van der Waals surface area contributed by atoms with Crippen molar-refractivity contribution >= 4 is 17.3 Å². The Balaban J connectivity index is 1.40. The van der Waals surface area contributed by atoms with Crippen LogP contribution in [0.1, 0.15) is 32.1 Å². The van der Waals surface area contributed by atoms with Gasteiger partial charge in [0.15, 0.2) is 6.29 Å². The van der Waals surface area contributed by atoms with E-state index in [2.05, 4.69) is 0 Å². The number of carbonyl (C=O) groups excluding carboxylic acids is 1. The second kappa shape index (κ2) is 8.45. The number of hydrogen-bond donors (Lipinski definition) is 0. The molecule has 0 spiro atoms. The molecule has 0 aliphatic carbocycles. The van der Waals surface area contributed by atoms with Gasteiger partial charge in [-0.1, -0.05) is 12.1 Å². The molecule has 3 aliphatic heterocycles. The summed E-state index contributed by atoms with van der Waals surface area (Å²) in [6.45, 7) is 3.25. The van der Waals surface area contributed by atoms with Crippen LogP contribution in [-0.2, 0) is 14.3 Å². The zero-order valence-corrected chi connectivity index (χ0v) is 16.0. The lowest BCUT2D eigenvalue weighted by atomic mass is 9.92. The lowest BCUT2D eigenvalue weighted by Crippen LogP contribution is -2.53. The van der Waals surface area contributed by atoms with Crippen molar-refractivity contribution in [3.05, 3.63) is 34.4 Å². The summed E-state index contributed by atoms with van der Waals surface area (Å²) >= 11 is 0. The maximum absolute atomic E-state index is 13.2. The Morgan fingerprint density at radius 2 is 1.75 bits per heavy atom. The molecule has 8 nitrogen and oxygen atoms in total. The highest BCUT2D eigenvalue weighted by molar-refractivity contribution is 5.80. The molecule has 3 aliphatic rings. The van der Waals surface area contributed by atoms with Crippen molar-refractivity contribution in [2.24, 2.45) is 5.92 Å². The summed E-state index contributed by atoms with van der Waals surface area (Å²) < 4.78 is 11.4. The van der Waals surface area contributed by atoms with E-state index in [0.29, 0.717) is 44.8 Å². The van der Waals surface area contributed by atoms with Crippen LogP contribution in [0.2, 0.25) is 0 Å². The fourth-order valence-electron chi connectivity index (χ4n) is 4.60. The Hall–Kier alpha value is -2.19. The van der Waals surface area contributed by atoms with E-state index in [0.717, 1.165) is 25.8 Å². The van der Waals surface area contributed by atoms with Crippen LogP contribution < -0.4 is 4.90 Å². The average molecular weight is 389 g/mol. The summed E-state index contributed by atoms with van der Waals surface area (Å²) in [6.07, 6.45) is 4.15. The quantitative estimate of drug-likeness (QED) is 0.581. The van der Waals surface area contributed by atoms with Crippen LogP contribution in [-0.4, -0.2) is 60.9 Å². The SMILES string of the molecule is O=C(C1CCN(c2ccccc2[N+](=O)[O-])CC1)N1CCCCC1C1OCCO1. The highest BCUT2D eigenvalue weighted by Crippen LogP contribution is 2.33. The maximum Gasteiger partial charge on any atom is 0.292 e. The summed E-state index contributed by atoms with van der Waals surface area (Å²) in [5.41, 5.74) is 0.765. The van der Waals surface area contributed by atoms with Gasteiger partial charge in [0.05, 0.1) is 24.2 Å².